The molecular weight excluding hydrogens is 456 g/mol. The summed E-state index contributed by atoms with van der Waals surface area (Å²) in [7, 11) is 1.22. The number of hydrogen-bond donors (Lipinski definition) is 1. The van der Waals surface area contributed by atoms with Crippen LogP contribution in [0.5, 0.6) is 0 Å². The van der Waals surface area contributed by atoms with Gasteiger partial charge in [-0.25, -0.2) is 4.98 Å². The van der Waals surface area contributed by atoms with Crippen molar-refractivity contribution in [3.63, 3.8) is 0 Å². The van der Waals surface area contributed by atoms with Crippen LogP contribution in [0.4, 0.5) is 26.3 Å². The molecule has 0 saturated heterocycles. The molecule has 0 fully saturated rings. The predicted octanol–water partition coefficient (Wildman–Crippen LogP) is 4.48. The standard InChI is InChI=1S/C14H13F3N2O.C6H6F3N3O/c1-8-7-18-12(14(15,16)17)6-9(8)13-19-10-4-2-3-5-11(10)20-13;1-12-3(5(10)13)2-4(11-12)6(7,8)9/h6-7H,2-5H2,1H3;2H,1H3,(H2,10,13). The van der Waals surface area contributed by atoms with Crippen molar-refractivity contribution >= 4 is 5.91 Å². The summed E-state index contributed by atoms with van der Waals surface area (Å²) in [6.45, 7) is 1.70. The Bertz CT molecular complexity index is 1140. The molecule has 2 N–H and O–H groups in total. The van der Waals surface area contributed by atoms with Crippen molar-refractivity contribution in [2.24, 2.45) is 12.8 Å². The second-order valence-corrected chi connectivity index (χ2v) is 7.38. The molecule has 0 atom stereocenters. The third-order valence-electron chi connectivity index (χ3n) is 4.89. The Morgan fingerprint density at radius 1 is 1.06 bits per heavy atom. The van der Waals surface area contributed by atoms with Gasteiger partial charge in [0.25, 0.3) is 5.91 Å². The van der Waals surface area contributed by atoms with E-state index in [1.165, 1.54) is 13.2 Å². The number of oxazole rings is 1. The molecule has 1 aliphatic rings. The summed E-state index contributed by atoms with van der Waals surface area (Å²) in [4.78, 5) is 18.3. The molecule has 1 amide bonds. The van der Waals surface area contributed by atoms with E-state index in [1.54, 1.807) is 6.92 Å². The normalized spacial score (nSPS) is 13.8. The first kappa shape index (κ1) is 24.3. The highest BCUT2D eigenvalue weighted by atomic mass is 19.4. The van der Waals surface area contributed by atoms with Gasteiger partial charge in [-0.2, -0.15) is 31.4 Å². The maximum Gasteiger partial charge on any atom is 0.435 e. The van der Waals surface area contributed by atoms with Crippen molar-refractivity contribution in [2.45, 2.75) is 45.0 Å². The number of nitrogens with two attached hydrogens (primary N) is 1. The number of carbonyl (C=O) groups excluding carboxylic acids is 1. The Kier molecular flexibility index (Phi) is 6.52. The number of pyridine rings is 1. The van der Waals surface area contributed by atoms with Crippen LogP contribution in [0.1, 0.15) is 51.7 Å². The molecule has 0 unspecified atom stereocenters. The summed E-state index contributed by atoms with van der Waals surface area (Å²) < 4.78 is 80.7. The van der Waals surface area contributed by atoms with Crippen molar-refractivity contribution in [3.8, 4) is 11.5 Å². The van der Waals surface area contributed by atoms with E-state index in [-0.39, 0.29) is 11.6 Å². The zero-order valence-corrected chi connectivity index (χ0v) is 17.5. The fourth-order valence-electron chi connectivity index (χ4n) is 3.21. The molecule has 3 aromatic rings. The van der Waals surface area contributed by atoms with E-state index in [9.17, 15) is 31.1 Å². The molecule has 0 bridgehead atoms. The number of aryl methyl sites for hydroxylation is 4. The predicted molar refractivity (Wildman–Crippen MR) is 103 cm³/mol. The summed E-state index contributed by atoms with van der Waals surface area (Å²) in [6.07, 6.45) is -4.10. The summed E-state index contributed by atoms with van der Waals surface area (Å²) in [5.41, 5.74) is 4.35. The van der Waals surface area contributed by atoms with E-state index in [0.717, 1.165) is 47.9 Å². The van der Waals surface area contributed by atoms with Crippen molar-refractivity contribution in [1.29, 1.82) is 0 Å². The van der Waals surface area contributed by atoms with Gasteiger partial charge in [0.05, 0.1) is 5.69 Å². The lowest BCUT2D eigenvalue weighted by Gasteiger charge is -2.08. The third-order valence-corrected chi connectivity index (χ3v) is 4.89. The van der Waals surface area contributed by atoms with Gasteiger partial charge in [-0.3, -0.25) is 14.5 Å². The number of nitrogens with zero attached hydrogens (tertiary/aromatic N) is 4. The Labute approximate surface area is 183 Å². The van der Waals surface area contributed by atoms with Gasteiger partial charge in [0.2, 0.25) is 5.89 Å². The van der Waals surface area contributed by atoms with Crippen molar-refractivity contribution in [1.82, 2.24) is 19.7 Å². The van der Waals surface area contributed by atoms with Crippen LogP contribution < -0.4 is 5.73 Å². The van der Waals surface area contributed by atoms with Crippen molar-refractivity contribution in [2.75, 3.05) is 0 Å². The summed E-state index contributed by atoms with van der Waals surface area (Å²) in [6, 6.07) is 1.62. The zero-order chi connectivity index (χ0) is 24.6. The highest BCUT2D eigenvalue weighted by Gasteiger charge is 2.35. The van der Waals surface area contributed by atoms with E-state index < -0.39 is 29.6 Å². The van der Waals surface area contributed by atoms with Gasteiger partial charge in [-0.15, -0.1) is 0 Å². The number of hydrogen-bond acceptors (Lipinski definition) is 5. The molecule has 178 valence electrons. The largest absolute Gasteiger partial charge is 0.441 e. The van der Waals surface area contributed by atoms with E-state index in [4.69, 9.17) is 10.2 Å². The quantitative estimate of drug-likeness (QED) is 0.551. The minimum absolute atomic E-state index is 0.266. The van der Waals surface area contributed by atoms with Gasteiger partial charge in [0.1, 0.15) is 17.1 Å². The highest BCUT2D eigenvalue weighted by Crippen LogP contribution is 2.34. The lowest BCUT2D eigenvalue weighted by atomic mass is 10.0. The van der Waals surface area contributed by atoms with Crippen LogP contribution in [-0.2, 0) is 32.2 Å². The van der Waals surface area contributed by atoms with E-state index in [1.807, 2.05) is 0 Å². The van der Waals surface area contributed by atoms with Crippen LogP contribution in [0.15, 0.2) is 22.7 Å². The average Bonchev–Trinajstić information content (AvgIpc) is 3.31. The number of fused-ring (bicyclic) bond motifs is 1. The maximum atomic E-state index is 12.7. The molecule has 13 heteroatoms. The molecule has 4 rings (SSSR count). The lowest BCUT2D eigenvalue weighted by Crippen LogP contribution is -2.15. The Hall–Kier alpha value is -3.38. The van der Waals surface area contributed by atoms with Gasteiger partial charge in [-0.05, 0) is 37.8 Å². The first-order valence-corrected chi connectivity index (χ1v) is 9.71. The molecule has 0 spiro atoms. The second-order valence-electron chi connectivity index (χ2n) is 7.38. The molecule has 0 saturated carbocycles. The van der Waals surface area contributed by atoms with Gasteiger partial charge in [0.15, 0.2) is 5.69 Å². The van der Waals surface area contributed by atoms with Crippen LogP contribution in [0.2, 0.25) is 0 Å². The van der Waals surface area contributed by atoms with Crippen molar-refractivity contribution in [3.05, 3.63) is 52.4 Å². The Balaban J connectivity index is 0.000000205. The van der Waals surface area contributed by atoms with Gasteiger partial charge in [-0.1, -0.05) is 0 Å². The van der Waals surface area contributed by atoms with Crippen LogP contribution in [0.3, 0.4) is 0 Å². The first-order chi connectivity index (χ1) is 15.3. The highest BCUT2D eigenvalue weighted by molar-refractivity contribution is 5.91. The minimum Gasteiger partial charge on any atom is -0.441 e. The van der Waals surface area contributed by atoms with Crippen LogP contribution in [0.25, 0.3) is 11.5 Å². The number of primary amides is 1. The molecular formula is C20H19F6N5O2. The van der Waals surface area contributed by atoms with E-state index in [2.05, 4.69) is 15.1 Å². The Morgan fingerprint density at radius 2 is 1.70 bits per heavy atom. The number of amides is 1. The zero-order valence-electron chi connectivity index (χ0n) is 17.5. The lowest BCUT2D eigenvalue weighted by molar-refractivity contribution is -0.142. The number of rotatable bonds is 2. The smallest absolute Gasteiger partial charge is 0.435 e. The molecule has 7 nitrogen and oxygen atoms in total. The SMILES string of the molecule is Cc1cnc(C(F)(F)F)cc1-c1nc2c(o1)CCCC2.Cn1nc(C(F)(F)F)cc1C(N)=O. The average molecular weight is 475 g/mol. The van der Waals surface area contributed by atoms with Gasteiger partial charge in [0, 0.05) is 31.3 Å². The topological polar surface area (TPSA) is 99.8 Å². The van der Waals surface area contributed by atoms with E-state index in [0.29, 0.717) is 17.2 Å². The summed E-state index contributed by atoms with van der Waals surface area (Å²) in [5, 5.41) is 3.09. The molecule has 3 heterocycles. The Morgan fingerprint density at radius 3 is 2.21 bits per heavy atom. The van der Waals surface area contributed by atoms with Crippen molar-refractivity contribution < 1.29 is 35.6 Å². The molecule has 0 radical (unpaired) electrons. The maximum absolute atomic E-state index is 12.7. The number of carbonyl (C=O) groups is 1. The summed E-state index contributed by atoms with van der Waals surface area (Å²) >= 11 is 0. The number of aromatic nitrogens is 4. The monoisotopic (exact) mass is 475 g/mol. The molecule has 33 heavy (non-hydrogen) atoms. The fourth-order valence-corrected chi connectivity index (χ4v) is 3.21. The molecule has 3 aromatic heterocycles. The molecule has 1 aliphatic carbocycles. The van der Waals surface area contributed by atoms with Crippen LogP contribution in [0, 0.1) is 6.92 Å². The minimum atomic E-state index is -4.55. The van der Waals surface area contributed by atoms with Gasteiger partial charge >= 0.3 is 12.4 Å². The first-order valence-electron chi connectivity index (χ1n) is 9.71. The number of alkyl halides is 6. The number of halogens is 6. The third kappa shape index (κ3) is 5.52. The second kappa shape index (κ2) is 8.87. The summed E-state index contributed by atoms with van der Waals surface area (Å²) in [5.74, 6) is 0.129. The van der Waals surface area contributed by atoms with E-state index >= 15 is 0 Å². The molecule has 0 aromatic carbocycles. The van der Waals surface area contributed by atoms with Gasteiger partial charge < -0.3 is 10.2 Å². The molecule has 0 aliphatic heterocycles. The van der Waals surface area contributed by atoms with Crippen LogP contribution in [-0.4, -0.2) is 25.7 Å². The van der Waals surface area contributed by atoms with Crippen LogP contribution >= 0.6 is 0 Å². The fraction of sp³-hybridized carbons (Fsp3) is 0.400.